The average molecular weight is 227 g/mol. The minimum Gasteiger partial charge on any atom is -0.481 e. The first-order valence-corrected chi connectivity index (χ1v) is 5.68. The lowest BCUT2D eigenvalue weighted by Gasteiger charge is -2.16. The summed E-state index contributed by atoms with van der Waals surface area (Å²) in [5.41, 5.74) is -0.697. The molecule has 0 aromatic carbocycles. The van der Waals surface area contributed by atoms with Gasteiger partial charge in [-0.2, -0.15) is 0 Å². The average Bonchev–Trinajstić information content (AvgIpc) is 2.92. The number of rotatable bonds is 4. The van der Waals surface area contributed by atoms with Crippen LogP contribution in [0.3, 0.4) is 0 Å². The molecule has 1 amide bonds. The third-order valence-electron chi connectivity index (χ3n) is 3.55. The van der Waals surface area contributed by atoms with Gasteiger partial charge in [0.2, 0.25) is 5.91 Å². The molecular weight excluding hydrogens is 210 g/mol. The Hall–Kier alpha value is -1.10. The quantitative estimate of drug-likeness (QED) is 0.728. The third-order valence-corrected chi connectivity index (χ3v) is 3.55. The van der Waals surface area contributed by atoms with Crippen LogP contribution < -0.4 is 5.32 Å². The van der Waals surface area contributed by atoms with Crippen LogP contribution >= 0.6 is 0 Å². The molecule has 0 spiro atoms. The fourth-order valence-corrected chi connectivity index (χ4v) is 2.00. The van der Waals surface area contributed by atoms with Gasteiger partial charge in [-0.25, -0.2) is 0 Å². The van der Waals surface area contributed by atoms with Gasteiger partial charge in [-0.1, -0.05) is 6.92 Å². The summed E-state index contributed by atoms with van der Waals surface area (Å²) in [7, 11) is 0. The van der Waals surface area contributed by atoms with E-state index in [1.165, 1.54) is 0 Å². The molecule has 2 atom stereocenters. The van der Waals surface area contributed by atoms with Crippen molar-refractivity contribution in [1.82, 2.24) is 5.32 Å². The van der Waals surface area contributed by atoms with Crippen LogP contribution in [-0.4, -0.2) is 36.2 Å². The monoisotopic (exact) mass is 227 g/mol. The van der Waals surface area contributed by atoms with E-state index in [1.807, 2.05) is 6.92 Å². The number of nitrogens with one attached hydrogen (secondary N) is 1. The summed E-state index contributed by atoms with van der Waals surface area (Å²) >= 11 is 0. The maximum absolute atomic E-state index is 11.7. The maximum Gasteiger partial charge on any atom is 0.311 e. The first-order chi connectivity index (χ1) is 7.55. The van der Waals surface area contributed by atoms with E-state index in [4.69, 9.17) is 9.84 Å². The topological polar surface area (TPSA) is 75.6 Å². The molecule has 1 heterocycles. The highest BCUT2D eigenvalue weighted by atomic mass is 16.5. The first-order valence-electron chi connectivity index (χ1n) is 5.68. The van der Waals surface area contributed by atoms with Gasteiger partial charge in [-0.15, -0.1) is 0 Å². The highest BCUT2D eigenvalue weighted by Gasteiger charge is 2.50. The van der Waals surface area contributed by atoms with Crippen LogP contribution in [-0.2, 0) is 14.3 Å². The lowest BCUT2D eigenvalue weighted by atomic mass is 10.0. The van der Waals surface area contributed by atoms with Crippen molar-refractivity contribution >= 4 is 11.9 Å². The highest BCUT2D eigenvalue weighted by Crippen LogP contribution is 2.45. The Morgan fingerprint density at radius 2 is 2.19 bits per heavy atom. The molecule has 1 aliphatic heterocycles. The largest absolute Gasteiger partial charge is 0.481 e. The van der Waals surface area contributed by atoms with Crippen LogP contribution in [0.5, 0.6) is 0 Å². The molecule has 0 aromatic rings. The summed E-state index contributed by atoms with van der Waals surface area (Å²) in [4.78, 5) is 22.6. The number of hydrogen-bond donors (Lipinski definition) is 2. The summed E-state index contributed by atoms with van der Waals surface area (Å²) in [5, 5.41) is 11.6. The van der Waals surface area contributed by atoms with Crippen molar-refractivity contribution in [3.8, 4) is 0 Å². The normalized spacial score (nSPS) is 31.1. The highest BCUT2D eigenvalue weighted by molar-refractivity contribution is 5.83. The molecule has 5 heteroatoms. The van der Waals surface area contributed by atoms with E-state index in [2.05, 4.69) is 5.32 Å². The predicted molar refractivity (Wildman–Crippen MR) is 55.8 cm³/mol. The van der Waals surface area contributed by atoms with Crippen LogP contribution in [0.15, 0.2) is 0 Å². The van der Waals surface area contributed by atoms with Crippen molar-refractivity contribution in [3.63, 3.8) is 0 Å². The number of aliphatic carboxylic acids is 1. The SMILES string of the molecule is CC1CCOC1C(=O)NCC1(C(=O)O)CC1. The fourth-order valence-electron chi connectivity index (χ4n) is 2.00. The molecule has 2 rings (SSSR count). The smallest absolute Gasteiger partial charge is 0.311 e. The van der Waals surface area contributed by atoms with E-state index >= 15 is 0 Å². The Balaban J connectivity index is 1.82. The molecule has 16 heavy (non-hydrogen) atoms. The van der Waals surface area contributed by atoms with E-state index in [0.717, 1.165) is 6.42 Å². The van der Waals surface area contributed by atoms with E-state index in [1.54, 1.807) is 0 Å². The zero-order valence-corrected chi connectivity index (χ0v) is 9.36. The molecule has 2 unspecified atom stereocenters. The molecule has 5 nitrogen and oxygen atoms in total. The van der Waals surface area contributed by atoms with Crippen molar-refractivity contribution < 1.29 is 19.4 Å². The second-order valence-corrected chi connectivity index (χ2v) is 4.86. The van der Waals surface area contributed by atoms with E-state index < -0.39 is 17.5 Å². The summed E-state index contributed by atoms with van der Waals surface area (Å²) in [6.45, 7) is 2.82. The standard InChI is InChI=1S/C11H17NO4/c1-7-2-5-16-8(7)9(13)12-6-11(3-4-11)10(14)15/h7-8H,2-6H2,1H3,(H,12,13)(H,14,15). The number of carboxylic acids is 1. The van der Waals surface area contributed by atoms with Gasteiger partial charge < -0.3 is 15.2 Å². The van der Waals surface area contributed by atoms with Crippen LogP contribution in [0.1, 0.15) is 26.2 Å². The maximum atomic E-state index is 11.7. The van der Waals surface area contributed by atoms with Crippen LogP contribution in [0, 0.1) is 11.3 Å². The fraction of sp³-hybridized carbons (Fsp3) is 0.818. The van der Waals surface area contributed by atoms with Crippen LogP contribution in [0.4, 0.5) is 0 Å². The lowest BCUT2D eigenvalue weighted by Crippen LogP contribution is -2.41. The van der Waals surface area contributed by atoms with E-state index in [0.29, 0.717) is 19.4 Å². The minimum atomic E-state index is -0.812. The minimum absolute atomic E-state index is 0.169. The summed E-state index contributed by atoms with van der Waals surface area (Å²) in [6.07, 6.45) is 1.81. The zero-order chi connectivity index (χ0) is 11.8. The zero-order valence-electron chi connectivity index (χ0n) is 9.36. The predicted octanol–water partition coefficient (Wildman–Crippen LogP) is 0.392. The van der Waals surface area contributed by atoms with Crippen molar-refractivity contribution in [2.45, 2.75) is 32.3 Å². The van der Waals surface area contributed by atoms with Gasteiger partial charge in [-0.3, -0.25) is 9.59 Å². The number of carbonyl (C=O) groups is 2. The van der Waals surface area contributed by atoms with E-state index in [9.17, 15) is 9.59 Å². The van der Waals surface area contributed by atoms with Gasteiger partial charge in [0.25, 0.3) is 0 Å². The molecule has 0 aromatic heterocycles. The number of amides is 1. The molecule has 2 N–H and O–H groups in total. The first kappa shape index (κ1) is 11.4. The Labute approximate surface area is 94.2 Å². The number of ether oxygens (including phenoxy) is 1. The second-order valence-electron chi connectivity index (χ2n) is 4.86. The van der Waals surface area contributed by atoms with Crippen molar-refractivity contribution in [3.05, 3.63) is 0 Å². The van der Waals surface area contributed by atoms with Gasteiger partial charge in [0, 0.05) is 13.2 Å². The number of hydrogen-bond acceptors (Lipinski definition) is 3. The van der Waals surface area contributed by atoms with Gasteiger partial charge in [0.05, 0.1) is 5.41 Å². The Bertz CT molecular complexity index is 311. The second kappa shape index (κ2) is 4.05. The molecule has 1 aliphatic carbocycles. The van der Waals surface area contributed by atoms with E-state index in [-0.39, 0.29) is 18.4 Å². The van der Waals surface area contributed by atoms with Crippen LogP contribution in [0.25, 0.3) is 0 Å². The van der Waals surface area contributed by atoms with Gasteiger partial charge >= 0.3 is 5.97 Å². The third kappa shape index (κ3) is 2.04. The molecule has 90 valence electrons. The molecular formula is C11H17NO4. The number of carboxylic acid groups (broad SMARTS) is 1. The lowest BCUT2D eigenvalue weighted by molar-refractivity contribution is -0.143. The van der Waals surface area contributed by atoms with Crippen LogP contribution in [0.2, 0.25) is 0 Å². The van der Waals surface area contributed by atoms with Crippen molar-refractivity contribution in [2.75, 3.05) is 13.2 Å². The molecule has 2 fully saturated rings. The molecule has 0 bridgehead atoms. The van der Waals surface area contributed by atoms with Gasteiger partial charge in [0.15, 0.2) is 0 Å². The number of carbonyl (C=O) groups excluding carboxylic acids is 1. The Morgan fingerprint density at radius 1 is 1.50 bits per heavy atom. The summed E-state index contributed by atoms with van der Waals surface area (Å²) < 4.78 is 5.31. The molecule has 0 radical (unpaired) electrons. The van der Waals surface area contributed by atoms with Crippen molar-refractivity contribution in [2.24, 2.45) is 11.3 Å². The van der Waals surface area contributed by atoms with Gasteiger partial charge in [-0.05, 0) is 25.2 Å². The molecule has 1 saturated carbocycles. The van der Waals surface area contributed by atoms with Gasteiger partial charge in [0.1, 0.15) is 6.10 Å². The Kier molecular flexibility index (Phi) is 2.88. The Morgan fingerprint density at radius 3 is 2.62 bits per heavy atom. The summed E-state index contributed by atoms with van der Waals surface area (Å²) in [6, 6.07) is 0. The molecule has 2 aliphatic rings. The molecule has 1 saturated heterocycles. The summed E-state index contributed by atoms with van der Waals surface area (Å²) in [5.74, 6) is -0.759. The van der Waals surface area contributed by atoms with Crippen molar-refractivity contribution in [1.29, 1.82) is 0 Å².